The Labute approximate surface area is 174 Å². The molecule has 0 fully saturated rings. The molecule has 146 valence electrons. The van der Waals surface area contributed by atoms with E-state index in [1.807, 2.05) is 48.5 Å². The number of aromatic nitrogens is 1. The summed E-state index contributed by atoms with van der Waals surface area (Å²) in [7, 11) is 0. The van der Waals surface area contributed by atoms with Crippen LogP contribution in [0.2, 0.25) is 0 Å². The van der Waals surface area contributed by atoms with E-state index in [-0.39, 0.29) is 5.91 Å². The number of benzene rings is 3. The third-order valence-electron chi connectivity index (χ3n) is 4.55. The van der Waals surface area contributed by atoms with Gasteiger partial charge in [0.05, 0.1) is 0 Å². The maximum atomic E-state index is 12.2. The summed E-state index contributed by atoms with van der Waals surface area (Å²) >= 11 is 1.78. The molecule has 29 heavy (non-hydrogen) atoms. The number of amides is 1. The highest BCUT2D eigenvalue weighted by Gasteiger charge is 2.08. The average Bonchev–Trinajstić information content (AvgIpc) is 3.17. The van der Waals surface area contributed by atoms with Crippen LogP contribution in [-0.2, 0) is 4.79 Å². The number of fused-ring (bicyclic) bond motifs is 1. The molecular formula is C24H22N2O2S. The first-order chi connectivity index (χ1) is 14.2. The predicted molar refractivity (Wildman–Crippen MR) is 119 cm³/mol. The minimum absolute atomic E-state index is 0.0316. The molecule has 1 heterocycles. The second kappa shape index (κ2) is 8.97. The fourth-order valence-electron chi connectivity index (χ4n) is 2.97. The minimum atomic E-state index is 0.0316. The number of anilines is 1. The SMILES string of the molecule is Cc1ccc(SCCCC(=O)Nc2ccc(-c3nc4ccccc4o3)cc2)cc1. The molecule has 0 aliphatic heterocycles. The van der Waals surface area contributed by atoms with Crippen molar-refractivity contribution in [1.29, 1.82) is 0 Å². The Hall–Kier alpha value is -3.05. The van der Waals surface area contributed by atoms with Crippen molar-refractivity contribution in [2.75, 3.05) is 11.1 Å². The molecule has 0 atom stereocenters. The number of para-hydroxylation sites is 2. The number of rotatable bonds is 7. The first-order valence-electron chi connectivity index (χ1n) is 9.63. The molecule has 1 aromatic heterocycles. The summed E-state index contributed by atoms with van der Waals surface area (Å²) in [5.41, 5.74) is 4.53. The number of hydrogen-bond donors (Lipinski definition) is 1. The van der Waals surface area contributed by atoms with Gasteiger partial charge < -0.3 is 9.73 Å². The van der Waals surface area contributed by atoms with Gasteiger partial charge in [0.2, 0.25) is 11.8 Å². The van der Waals surface area contributed by atoms with E-state index in [9.17, 15) is 4.79 Å². The topological polar surface area (TPSA) is 55.1 Å². The zero-order valence-electron chi connectivity index (χ0n) is 16.2. The number of oxazole rings is 1. The van der Waals surface area contributed by atoms with Crippen molar-refractivity contribution < 1.29 is 9.21 Å². The van der Waals surface area contributed by atoms with E-state index in [0.717, 1.165) is 34.5 Å². The van der Waals surface area contributed by atoms with Crippen molar-refractivity contribution in [2.24, 2.45) is 0 Å². The molecule has 0 bridgehead atoms. The number of nitrogens with one attached hydrogen (secondary N) is 1. The summed E-state index contributed by atoms with van der Waals surface area (Å²) in [6.07, 6.45) is 1.34. The van der Waals surface area contributed by atoms with Gasteiger partial charge in [0.1, 0.15) is 5.52 Å². The number of nitrogens with zero attached hydrogens (tertiary/aromatic N) is 1. The molecule has 4 rings (SSSR count). The van der Waals surface area contributed by atoms with Crippen LogP contribution in [0.3, 0.4) is 0 Å². The maximum absolute atomic E-state index is 12.2. The third kappa shape index (κ3) is 5.06. The van der Waals surface area contributed by atoms with Crippen molar-refractivity contribution in [3.63, 3.8) is 0 Å². The van der Waals surface area contributed by atoms with Gasteiger partial charge >= 0.3 is 0 Å². The van der Waals surface area contributed by atoms with Gasteiger partial charge in [0.25, 0.3) is 0 Å². The van der Waals surface area contributed by atoms with Crippen molar-refractivity contribution in [2.45, 2.75) is 24.7 Å². The molecule has 4 nitrogen and oxygen atoms in total. The van der Waals surface area contributed by atoms with Crippen LogP contribution in [0.5, 0.6) is 0 Å². The van der Waals surface area contributed by atoms with Gasteiger partial charge in [-0.3, -0.25) is 4.79 Å². The molecule has 0 saturated carbocycles. The molecule has 4 aromatic rings. The van der Waals surface area contributed by atoms with Crippen molar-refractivity contribution in [3.8, 4) is 11.5 Å². The van der Waals surface area contributed by atoms with Crippen LogP contribution in [0.4, 0.5) is 5.69 Å². The van der Waals surface area contributed by atoms with E-state index in [1.54, 1.807) is 11.8 Å². The molecule has 1 amide bonds. The summed E-state index contributed by atoms with van der Waals surface area (Å²) in [5.74, 6) is 1.54. The molecule has 5 heteroatoms. The van der Waals surface area contributed by atoms with E-state index in [1.165, 1.54) is 10.5 Å². The number of aryl methyl sites for hydroxylation is 1. The van der Waals surface area contributed by atoms with Crippen molar-refractivity contribution in [3.05, 3.63) is 78.4 Å². The fourth-order valence-corrected chi connectivity index (χ4v) is 3.83. The number of hydrogen-bond acceptors (Lipinski definition) is 4. The van der Waals surface area contributed by atoms with E-state index in [4.69, 9.17) is 4.42 Å². The van der Waals surface area contributed by atoms with Crippen molar-refractivity contribution in [1.82, 2.24) is 4.98 Å². The maximum Gasteiger partial charge on any atom is 0.227 e. The first kappa shape index (κ1) is 19.3. The van der Waals surface area contributed by atoms with Gasteiger partial charge in [-0.05, 0) is 67.6 Å². The quantitative estimate of drug-likeness (QED) is 0.290. The second-order valence-electron chi connectivity index (χ2n) is 6.88. The van der Waals surface area contributed by atoms with E-state index < -0.39 is 0 Å². The Bertz CT molecular complexity index is 1070. The highest BCUT2D eigenvalue weighted by Crippen LogP contribution is 2.25. The number of carbonyl (C=O) groups is 1. The van der Waals surface area contributed by atoms with Gasteiger partial charge in [-0.15, -0.1) is 11.8 Å². The summed E-state index contributed by atoms with van der Waals surface area (Å²) in [5, 5.41) is 2.95. The van der Waals surface area contributed by atoms with Gasteiger partial charge in [-0.25, -0.2) is 4.98 Å². The molecular weight excluding hydrogens is 380 g/mol. The van der Waals surface area contributed by atoms with Crippen LogP contribution in [0.15, 0.2) is 82.1 Å². The molecule has 0 saturated heterocycles. The summed E-state index contributed by atoms with van der Waals surface area (Å²) in [6, 6.07) is 23.7. The molecule has 0 radical (unpaired) electrons. The average molecular weight is 403 g/mol. The molecule has 1 N–H and O–H groups in total. The second-order valence-corrected chi connectivity index (χ2v) is 8.05. The van der Waals surface area contributed by atoms with Crippen LogP contribution < -0.4 is 5.32 Å². The monoisotopic (exact) mass is 402 g/mol. The van der Waals surface area contributed by atoms with Crippen molar-refractivity contribution >= 4 is 34.5 Å². The lowest BCUT2D eigenvalue weighted by molar-refractivity contribution is -0.116. The number of thioether (sulfide) groups is 1. The minimum Gasteiger partial charge on any atom is -0.436 e. The van der Waals surface area contributed by atoms with E-state index in [2.05, 4.69) is 41.5 Å². The van der Waals surface area contributed by atoms with Crippen LogP contribution in [0, 0.1) is 6.92 Å². The Kier molecular flexibility index (Phi) is 5.96. The summed E-state index contributed by atoms with van der Waals surface area (Å²) < 4.78 is 5.78. The standard InChI is InChI=1S/C24H22N2O2S/c1-17-8-14-20(15-9-17)29-16-4-7-23(27)25-19-12-10-18(11-13-19)24-26-21-5-2-3-6-22(21)28-24/h2-3,5-6,8-15H,4,7,16H2,1H3,(H,25,27). The Balaban J connectivity index is 1.27. The first-order valence-corrected chi connectivity index (χ1v) is 10.6. The Morgan fingerprint density at radius 3 is 2.52 bits per heavy atom. The zero-order chi connectivity index (χ0) is 20.1. The lowest BCUT2D eigenvalue weighted by Crippen LogP contribution is -2.11. The summed E-state index contributed by atoms with van der Waals surface area (Å²) in [6.45, 7) is 2.08. The molecule has 0 aliphatic rings. The largest absolute Gasteiger partial charge is 0.436 e. The molecule has 0 unspecified atom stereocenters. The summed E-state index contributed by atoms with van der Waals surface area (Å²) in [4.78, 5) is 17.9. The van der Waals surface area contributed by atoms with Gasteiger partial charge in [-0.1, -0.05) is 29.8 Å². The number of carbonyl (C=O) groups excluding carboxylic acids is 1. The Morgan fingerprint density at radius 1 is 1.00 bits per heavy atom. The highest BCUT2D eigenvalue weighted by atomic mass is 32.2. The van der Waals surface area contributed by atoms with E-state index >= 15 is 0 Å². The molecule has 0 spiro atoms. The third-order valence-corrected chi connectivity index (χ3v) is 5.65. The van der Waals surface area contributed by atoms with Gasteiger partial charge in [-0.2, -0.15) is 0 Å². The van der Waals surface area contributed by atoms with Crippen LogP contribution in [0.25, 0.3) is 22.6 Å². The Morgan fingerprint density at radius 2 is 1.76 bits per heavy atom. The van der Waals surface area contributed by atoms with Gasteiger partial charge in [0.15, 0.2) is 5.58 Å². The van der Waals surface area contributed by atoms with Gasteiger partial charge in [0, 0.05) is 22.6 Å². The van der Waals surface area contributed by atoms with Crippen LogP contribution in [0.1, 0.15) is 18.4 Å². The highest BCUT2D eigenvalue weighted by molar-refractivity contribution is 7.99. The normalized spacial score (nSPS) is 10.9. The lowest BCUT2D eigenvalue weighted by atomic mass is 10.2. The molecule has 3 aromatic carbocycles. The van der Waals surface area contributed by atoms with Crippen LogP contribution >= 0.6 is 11.8 Å². The molecule has 0 aliphatic carbocycles. The smallest absolute Gasteiger partial charge is 0.227 e. The van der Waals surface area contributed by atoms with Crippen LogP contribution in [-0.4, -0.2) is 16.6 Å². The fraction of sp³-hybridized carbons (Fsp3) is 0.167. The zero-order valence-corrected chi connectivity index (χ0v) is 17.0. The lowest BCUT2D eigenvalue weighted by Gasteiger charge is -2.06. The predicted octanol–water partition coefficient (Wildman–Crippen LogP) is 6.31. The van der Waals surface area contributed by atoms with E-state index in [0.29, 0.717) is 12.3 Å².